The van der Waals surface area contributed by atoms with Crippen molar-refractivity contribution in [1.29, 1.82) is 0 Å². The van der Waals surface area contributed by atoms with E-state index in [2.05, 4.69) is 5.32 Å². The van der Waals surface area contributed by atoms with Crippen LogP contribution in [0.4, 0.5) is 0 Å². The number of carbonyl (C=O) groups excluding carboxylic acids is 1. The van der Waals surface area contributed by atoms with Crippen molar-refractivity contribution in [2.75, 3.05) is 0 Å². The molecule has 1 radical (unpaired) electrons. The molecule has 1 rings (SSSR count). The Morgan fingerprint density at radius 2 is 1.90 bits per heavy atom. The molecule has 2 N–H and O–H groups in total. The summed E-state index contributed by atoms with van der Waals surface area (Å²) in [7, 11) is 0. The van der Waals surface area contributed by atoms with Crippen LogP contribution in [0.25, 0.3) is 0 Å². The minimum Gasteiger partial charge on any atom is -0.371 e. The summed E-state index contributed by atoms with van der Waals surface area (Å²) < 4.78 is 0. The molecule has 1 fully saturated rings. The van der Waals surface area contributed by atoms with E-state index in [4.69, 9.17) is 0 Å². The van der Waals surface area contributed by atoms with Crippen molar-refractivity contribution >= 4 is 6.41 Å². The van der Waals surface area contributed by atoms with Crippen molar-refractivity contribution in [1.82, 2.24) is 5.32 Å². The molecule has 0 aliphatic heterocycles. The van der Waals surface area contributed by atoms with Gasteiger partial charge in [-0.3, -0.25) is 4.79 Å². The van der Waals surface area contributed by atoms with E-state index in [1.54, 1.807) is 0 Å². The average Bonchev–Trinajstić information content (AvgIpc) is 1.89. The first-order chi connectivity index (χ1) is 4.77. The minimum atomic E-state index is -0.944. The third-order valence-electron chi connectivity index (χ3n) is 1.96. The molecule has 0 saturated heterocycles. The van der Waals surface area contributed by atoms with Gasteiger partial charge in [0.05, 0.1) is 0 Å². The molecule has 10 heavy (non-hydrogen) atoms. The Bertz CT molecular complexity index is 119. The number of nitrogens with one attached hydrogen (secondary N) is 1. The van der Waals surface area contributed by atoms with Crippen molar-refractivity contribution in [3.05, 3.63) is 0 Å². The summed E-state index contributed by atoms with van der Waals surface area (Å²) in [5.41, 5.74) is -0.944. The number of rotatable bonds is 2. The first kappa shape index (κ1) is 7.54. The second-order valence-electron chi connectivity index (χ2n) is 2.82. The Hall–Kier alpha value is -0.570. The highest BCUT2D eigenvalue weighted by Crippen LogP contribution is 2.24. The maximum Gasteiger partial charge on any atom is 0.311 e. The predicted molar refractivity (Wildman–Crippen MR) is 36.9 cm³/mol. The molecule has 1 aliphatic rings. The summed E-state index contributed by atoms with van der Waals surface area (Å²) in [5, 5.41) is 11.8. The minimum absolute atomic E-state index is 0.669. The quantitative estimate of drug-likeness (QED) is 0.430. The zero-order valence-corrected chi connectivity index (χ0v) is 5.89. The van der Waals surface area contributed by atoms with Crippen LogP contribution in [-0.2, 0) is 4.79 Å². The van der Waals surface area contributed by atoms with Crippen LogP contribution < -0.4 is 5.32 Å². The van der Waals surface area contributed by atoms with Gasteiger partial charge in [0, 0.05) is 0 Å². The van der Waals surface area contributed by atoms with Gasteiger partial charge < -0.3 is 10.4 Å². The van der Waals surface area contributed by atoms with Gasteiger partial charge >= 0.3 is 6.41 Å². The van der Waals surface area contributed by atoms with E-state index in [0.29, 0.717) is 12.8 Å². The van der Waals surface area contributed by atoms with E-state index in [1.165, 1.54) is 6.41 Å². The lowest BCUT2D eigenvalue weighted by Gasteiger charge is -2.30. The van der Waals surface area contributed by atoms with Crippen molar-refractivity contribution in [2.45, 2.75) is 37.8 Å². The van der Waals surface area contributed by atoms with E-state index in [-0.39, 0.29) is 0 Å². The Morgan fingerprint density at radius 3 is 2.40 bits per heavy atom. The van der Waals surface area contributed by atoms with Crippen molar-refractivity contribution in [3.8, 4) is 0 Å². The Balaban J connectivity index is 2.39. The Kier molecular flexibility index (Phi) is 2.27. The van der Waals surface area contributed by atoms with Gasteiger partial charge in [-0.25, -0.2) is 0 Å². The summed E-state index contributed by atoms with van der Waals surface area (Å²) >= 11 is 0. The van der Waals surface area contributed by atoms with Crippen molar-refractivity contribution in [2.24, 2.45) is 0 Å². The molecule has 1 amide bonds. The van der Waals surface area contributed by atoms with Crippen molar-refractivity contribution < 1.29 is 9.90 Å². The Labute approximate surface area is 60.4 Å². The molecule has 0 aromatic rings. The molecule has 1 saturated carbocycles. The second-order valence-corrected chi connectivity index (χ2v) is 2.82. The zero-order chi connectivity index (χ0) is 7.45. The number of aliphatic hydroxyl groups is 1. The Morgan fingerprint density at radius 1 is 1.30 bits per heavy atom. The number of hydrogen-bond acceptors (Lipinski definition) is 2. The van der Waals surface area contributed by atoms with Crippen LogP contribution in [0, 0.1) is 0 Å². The van der Waals surface area contributed by atoms with Gasteiger partial charge in [0.15, 0.2) is 0 Å². The van der Waals surface area contributed by atoms with Gasteiger partial charge in [0.25, 0.3) is 0 Å². The van der Waals surface area contributed by atoms with Gasteiger partial charge in [-0.1, -0.05) is 6.42 Å². The summed E-state index contributed by atoms with van der Waals surface area (Å²) in [5.74, 6) is 0. The molecule has 0 spiro atoms. The molecular weight excluding hydrogens is 130 g/mol. The maximum atomic E-state index is 9.88. The summed E-state index contributed by atoms with van der Waals surface area (Å²) in [6.07, 6.45) is 6.00. The third kappa shape index (κ3) is 1.70. The van der Waals surface area contributed by atoms with E-state index in [0.717, 1.165) is 19.3 Å². The van der Waals surface area contributed by atoms with Gasteiger partial charge in [-0.2, -0.15) is 0 Å². The fourth-order valence-corrected chi connectivity index (χ4v) is 1.36. The molecule has 0 aromatic carbocycles. The van der Waals surface area contributed by atoms with Gasteiger partial charge in [-0.05, 0) is 25.7 Å². The molecule has 0 heterocycles. The normalized spacial score (nSPS) is 23.7. The summed E-state index contributed by atoms with van der Waals surface area (Å²) in [6, 6.07) is 0. The van der Waals surface area contributed by atoms with Gasteiger partial charge in [0.2, 0.25) is 0 Å². The molecule has 0 aromatic heterocycles. The van der Waals surface area contributed by atoms with Crippen molar-refractivity contribution in [3.63, 3.8) is 0 Å². The topological polar surface area (TPSA) is 49.3 Å². The lowest BCUT2D eigenvalue weighted by atomic mass is 9.92. The lowest BCUT2D eigenvalue weighted by Crippen LogP contribution is -2.45. The highest BCUT2D eigenvalue weighted by Gasteiger charge is 2.27. The van der Waals surface area contributed by atoms with Crippen LogP contribution in [0.1, 0.15) is 32.1 Å². The zero-order valence-electron chi connectivity index (χ0n) is 5.89. The SMILES string of the molecule is O=[C]NC1(O)CCCCC1. The van der Waals surface area contributed by atoms with Crippen LogP contribution in [0.3, 0.4) is 0 Å². The first-order valence-electron chi connectivity index (χ1n) is 3.63. The maximum absolute atomic E-state index is 9.88. The molecule has 0 unspecified atom stereocenters. The van der Waals surface area contributed by atoms with Gasteiger partial charge in [-0.15, -0.1) is 0 Å². The predicted octanol–water partition coefficient (Wildman–Crippen LogP) is 0.296. The smallest absolute Gasteiger partial charge is 0.311 e. The molecule has 0 bridgehead atoms. The fraction of sp³-hybridized carbons (Fsp3) is 0.857. The average molecular weight is 142 g/mol. The second kappa shape index (κ2) is 3.01. The molecule has 0 atom stereocenters. The van der Waals surface area contributed by atoms with E-state index in [9.17, 15) is 9.90 Å². The van der Waals surface area contributed by atoms with Crippen LogP contribution in [0.15, 0.2) is 0 Å². The van der Waals surface area contributed by atoms with Gasteiger partial charge in [0.1, 0.15) is 5.72 Å². The molecule has 1 aliphatic carbocycles. The first-order valence-corrected chi connectivity index (χ1v) is 3.63. The van der Waals surface area contributed by atoms with E-state index in [1.807, 2.05) is 0 Å². The molecular formula is C7H12NO2. The van der Waals surface area contributed by atoms with Crippen LogP contribution in [0.2, 0.25) is 0 Å². The number of amides is 1. The monoisotopic (exact) mass is 142 g/mol. The van der Waals surface area contributed by atoms with Crippen LogP contribution in [-0.4, -0.2) is 17.2 Å². The highest BCUT2D eigenvalue weighted by molar-refractivity contribution is 5.48. The molecule has 3 nitrogen and oxygen atoms in total. The summed E-state index contributed by atoms with van der Waals surface area (Å²) in [6.45, 7) is 0. The van der Waals surface area contributed by atoms with Crippen LogP contribution in [0.5, 0.6) is 0 Å². The highest BCUT2D eigenvalue weighted by atomic mass is 16.3. The molecule has 57 valence electrons. The largest absolute Gasteiger partial charge is 0.371 e. The molecule has 3 heteroatoms. The van der Waals surface area contributed by atoms with E-state index >= 15 is 0 Å². The third-order valence-corrected chi connectivity index (χ3v) is 1.96. The lowest BCUT2D eigenvalue weighted by molar-refractivity contribution is -0.0106. The van der Waals surface area contributed by atoms with E-state index < -0.39 is 5.72 Å². The fourth-order valence-electron chi connectivity index (χ4n) is 1.36. The summed E-state index contributed by atoms with van der Waals surface area (Å²) in [4.78, 5) is 9.88. The standard InChI is InChI=1S/C7H12NO2/c9-6-8-7(10)4-2-1-3-5-7/h10H,1-5H2,(H,8,9). The van der Waals surface area contributed by atoms with Crippen LogP contribution >= 0.6 is 0 Å². The number of hydrogen-bond donors (Lipinski definition) is 2.